The maximum absolute atomic E-state index is 6.05. The monoisotopic (exact) mass is 300 g/mol. The van der Waals surface area contributed by atoms with Gasteiger partial charge in [0.15, 0.2) is 0 Å². The number of rotatable bonds is 4. The van der Waals surface area contributed by atoms with Gasteiger partial charge >= 0.3 is 0 Å². The van der Waals surface area contributed by atoms with E-state index in [0.717, 1.165) is 58.5 Å². The third-order valence-corrected chi connectivity index (χ3v) is 5.56. The van der Waals surface area contributed by atoms with Gasteiger partial charge in [-0.15, -0.1) is 0 Å². The highest BCUT2D eigenvalue weighted by Crippen LogP contribution is 2.41. The molecule has 0 aliphatic carbocycles. The number of nitrogens with two attached hydrogens (primary N) is 1. The first-order chi connectivity index (χ1) is 10.2. The van der Waals surface area contributed by atoms with Gasteiger partial charge in [-0.25, -0.2) is 0 Å². The van der Waals surface area contributed by atoms with Crippen LogP contribution in [0.4, 0.5) is 0 Å². The SMILES string of the molecule is COC1(C(NN)C2CCOC3(CCOC3)C2)CCOCC1. The molecular weight excluding hydrogens is 272 g/mol. The molecule has 3 atom stereocenters. The van der Waals surface area contributed by atoms with Crippen LogP contribution >= 0.6 is 0 Å². The van der Waals surface area contributed by atoms with Gasteiger partial charge in [-0.2, -0.15) is 0 Å². The molecule has 3 aliphatic heterocycles. The van der Waals surface area contributed by atoms with Crippen molar-refractivity contribution in [2.75, 3.05) is 40.1 Å². The maximum atomic E-state index is 6.05. The van der Waals surface area contributed by atoms with E-state index >= 15 is 0 Å². The molecule has 3 rings (SSSR count). The van der Waals surface area contributed by atoms with Crippen molar-refractivity contribution in [3.8, 4) is 0 Å². The molecule has 0 bridgehead atoms. The highest BCUT2D eigenvalue weighted by Gasteiger charge is 2.49. The Labute approximate surface area is 126 Å². The van der Waals surface area contributed by atoms with Crippen molar-refractivity contribution >= 4 is 0 Å². The van der Waals surface area contributed by atoms with Gasteiger partial charge < -0.3 is 18.9 Å². The number of hydrogen-bond donors (Lipinski definition) is 2. The van der Waals surface area contributed by atoms with Crippen LogP contribution in [0.3, 0.4) is 0 Å². The minimum Gasteiger partial charge on any atom is -0.381 e. The van der Waals surface area contributed by atoms with Gasteiger partial charge in [-0.1, -0.05) is 0 Å². The number of hydrazine groups is 1. The summed E-state index contributed by atoms with van der Waals surface area (Å²) < 4.78 is 23.1. The van der Waals surface area contributed by atoms with E-state index in [-0.39, 0.29) is 17.2 Å². The third-order valence-electron chi connectivity index (χ3n) is 5.56. The summed E-state index contributed by atoms with van der Waals surface area (Å²) in [5, 5.41) is 0. The fourth-order valence-corrected chi connectivity index (χ4v) is 4.29. The van der Waals surface area contributed by atoms with Gasteiger partial charge in [-0.3, -0.25) is 11.3 Å². The molecule has 3 unspecified atom stereocenters. The predicted molar refractivity (Wildman–Crippen MR) is 77.7 cm³/mol. The van der Waals surface area contributed by atoms with Crippen molar-refractivity contribution in [1.29, 1.82) is 0 Å². The lowest BCUT2D eigenvalue weighted by Crippen LogP contribution is -2.62. The fraction of sp³-hybridized carbons (Fsp3) is 1.00. The molecule has 3 heterocycles. The Hall–Kier alpha value is -0.240. The molecule has 3 aliphatic rings. The van der Waals surface area contributed by atoms with E-state index < -0.39 is 0 Å². The summed E-state index contributed by atoms with van der Waals surface area (Å²) in [6.07, 6.45) is 4.78. The first kappa shape index (κ1) is 15.6. The Morgan fingerprint density at radius 1 is 1.14 bits per heavy atom. The normalized spacial score (nSPS) is 37.7. The number of methoxy groups -OCH3 is 1. The maximum Gasteiger partial charge on any atom is 0.0939 e. The Balaban J connectivity index is 1.75. The molecule has 3 saturated heterocycles. The molecule has 0 amide bonds. The minimum atomic E-state index is -0.227. The van der Waals surface area contributed by atoms with Gasteiger partial charge in [-0.05, 0) is 18.8 Å². The highest BCUT2D eigenvalue weighted by atomic mass is 16.6. The zero-order valence-electron chi connectivity index (χ0n) is 12.9. The molecule has 0 aromatic heterocycles. The van der Waals surface area contributed by atoms with Crippen LogP contribution in [0.2, 0.25) is 0 Å². The van der Waals surface area contributed by atoms with Gasteiger partial charge in [0.2, 0.25) is 0 Å². The molecule has 3 fully saturated rings. The van der Waals surface area contributed by atoms with Crippen molar-refractivity contribution in [1.82, 2.24) is 5.43 Å². The molecule has 0 saturated carbocycles. The number of ether oxygens (including phenoxy) is 4. The van der Waals surface area contributed by atoms with Crippen molar-refractivity contribution in [3.63, 3.8) is 0 Å². The van der Waals surface area contributed by atoms with Crippen molar-refractivity contribution in [2.24, 2.45) is 11.8 Å². The first-order valence-electron chi connectivity index (χ1n) is 8.04. The van der Waals surface area contributed by atoms with Gasteiger partial charge in [0.1, 0.15) is 0 Å². The number of hydrogen-bond acceptors (Lipinski definition) is 6. The quantitative estimate of drug-likeness (QED) is 0.585. The highest BCUT2D eigenvalue weighted by molar-refractivity contribution is 5.02. The smallest absolute Gasteiger partial charge is 0.0939 e. The van der Waals surface area contributed by atoms with Gasteiger partial charge in [0, 0.05) is 52.8 Å². The summed E-state index contributed by atoms with van der Waals surface area (Å²) in [7, 11) is 1.80. The summed E-state index contributed by atoms with van der Waals surface area (Å²) in [6, 6.07) is 0.132. The Morgan fingerprint density at radius 2 is 1.90 bits per heavy atom. The van der Waals surface area contributed by atoms with Crippen LogP contribution in [0.15, 0.2) is 0 Å². The predicted octanol–water partition coefficient (Wildman–Crippen LogP) is 0.600. The standard InChI is InChI=1S/C15H28N2O4/c1-18-15(4-8-19-9-5-15)13(17-16)12-2-6-21-14(10-12)3-7-20-11-14/h12-13,17H,2-11,16H2,1H3. The molecule has 6 nitrogen and oxygen atoms in total. The van der Waals surface area contributed by atoms with Crippen LogP contribution in [0.5, 0.6) is 0 Å². The lowest BCUT2D eigenvalue weighted by molar-refractivity contribution is -0.150. The van der Waals surface area contributed by atoms with Gasteiger partial charge in [0.25, 0.3) is 0 Å². The molecule has 1 spiro atoms. The van der Waals surface area contributed by atoms with Crippen LogP contribution in [0.25, 0.3) is 0 Å². The van der Waals surface area contributed by atoms with Crippen LogP contribution in [0, 0.1) is 5.92 Å². The zero-order chi connectivity index (χ0) is 14.8. The Bertz CT molecular complexity index is 341. The van der Waals surface area contributed by atoms with Crippen LogP contribution in [-0.2, 0) is 18.9 Å². The van der Waals surface area contributed by atoms with Crippen LogP contribution in [-0.4, -0.2) is 57.4 Å². The minimum absolute atomic E-state index is 0.0991. The molecule has 0 aromatic rings. The van der Waals surface area contributed by atoms with E-state index in [1.54, 1.807) is 7.11 Å². The topological polar surface area (TPSA) is 75.0 Å². The molecule has 21 heavy (non-hydrogen) atoms. The average Bonchev–Trinajstić information content (AvgIpc) is 2.97. The van der Waals surface area contributed by atoms with E-state index in [1.807, 2.05) is 0 Å². The first-order valence-corrected chi connectivity index (χ1v) is 8.04. The summed E-state index contributed by atoms with van der Waals surface area (Å²) in [5.74, 6) is 6.39. The Kier molecular flexibility index (Phi) is 4.83. The summed E-state index contributed by atoms with van der Waals surface area (Å²) in [4.78, 5) is 0. The van der Waals surface area contributed by atoms with E-state index in [0.29, 0.717) is 12.5 Å². The molecular formula is C15H28N2O4. The summed E-state index contributed by atoms with van der Waals surface area (Å²) in [5.41, 5.74) is 2.74. The van der Waals surface area contributed by atoms with Crippen molar-refractivity contribution in [3.05, 3.63) is 0 Å². The second kappa shape index (κ2) is 6.48. The van der Waals surface area contributed by atoms with E-state index in [1.165, 1.54) is 0 Å². The molecule has 6 heteroatoms. The number of nitrogens with one attached hydrogen (secondary N) is 1. The van der Waals surface area contributed by atoms with E-state index in [2.05, 4.69) is 5.43 Å². The lowest BCUT2D eigenvalue weighted by atomic mass is 9.73. The van der Waals surface area contributed by atoms with Crippen molar-refractivity contribution < 1.29 is 18.9 Å². The van der Waals surface area contributed by atoms with Gasteiger partial charge in [0.05, 0.1) is 23.9 Å². The molecule has 0 radical (unpaired) electrons. The third kappa shape index (κ3) is 2.98. The molecule has 0 aromatic carbocycles. The van der Waals surface area contributed by atoms with Crippen molar-refractivity contribution in [2.45, 2.75) is 49.3 Å². The zero-order valence-corrected chi connectivity index (χ0v) is 12.9. The van der Waals surface area contributed by atoms with Crippen LogP contribution < -0.4 is 11.3 Å². The second-order valence-corrected chi connectivity index (χ2v) is 6.61. The Morgan fingerprint density at radius 3 is 2.52 bits per heavy atom. The summed E-state index contributed by atoms with van der Waals surface area (Å²) >= 11 is 0. The van der Waals surface area contributed by atoms with Crippen LogP contribution in [0.1, 0.15) is 32.1 Å². The molecule has 122 valence electrons. The summed E-state index contributed by atoms with van der Waals surface area (Å²) in [6.45, 7) is 3.77. The van der Waals surface area contributed by atoms with E-state index in [9.17, 15) is 0 Å². The second-order valence-electron chi connectivity index (χ2n) is 6.61. The molecule has 3 N–H and O–H groups in total. The largest absolute Gasteiger partial charge is 0.381 e. The fourth-order valence-electron chi connectivity index (χ4n) is 4.29. The lowest BCUT2D eigenvalue weighted by Gasteiger charge is -2.48. The average molecular weight is 300 g/mol. The van der Waals surface area contributed by atoms with E-state index in [4.69, 9.17) is 24.8 Å².